The quantitative estimate of drug-likeness (QED) is 0.864. The second kappa shape index (κ2) is 6.50. The van der Waals surface area contributed by atoms with Crippen LogP contribution in [0.2, 0.25) is 0 Å². The Balaban J connectivity index is 2.20. The van der Waals surface area contributed by atoms with Gasteiger partial charge in [-0.15, -0.1) is 0 Å². The number of nitrogen functional groups attached to an aromatic ring is 1. The van der Waals surface area contributed by atoms with Gasteiger partial charge in [0.15, 0.2) is 0 Å². The van der Waals surface area contributed by atoms with Crippen LogP contribution in [-0.4, -0.2) is 36.7 Å². The van der Waals surface area contributed by atoms with Crippen molar-refractivity contribution in [2.24, 2.45) is 0 Å². The van der Waals surface area contributed by atoms with E-state index in [0.717, 1.165) is 48.5 Å². The molecule has 1 aromatic carbocycles. The maximum atomic E-state index is 6.09. The van der Waals surface area contributed by atoms with Gasteiger partial charge in [0.05, 0.1) is 17.8 Å². The molecule has 0 saturated carbocycles. The van der Waals surface area contributed by atoms with Crippen LogP contribution in [-0.2, 0) is 11.3 Å². The largest absolute Gasteiger partial charge is 0.398 e. The molecule has 0 atom stereocenters. The number of methoxy groups -OCH3 is 1. The van der Waals surface area contributed by atoms with Crippen LogP contribution in [0.5, 0.6) is 0 Å². The Morgan fingerprint density at radius 2 is 2.11 bits per heavy atom. The van der Waals surface area contributed by atoms with Crippen molar-refractivity contribution in [2.75, 3.05) is 32.5 Å². The van der Waals surface area contributed by atoms with Crippen molar-refractivity contribution >= 4 is 16.6 Å². The Morgan fingerprint density at radius 3 is 2.84 bits per heavy atom. The van der Waals surface area contributed by atoms with Gasteiger partial charge in [0.2, 0.25) is 0 Å². The van der Waals surface area contributed by atoms with Crippen LogP contribution in [0.25, 0.3) is 10.9 Å². The molecule has 102 valence electrons. The van der Waals surface area contributed by atoms with Gasteiger partial charge in [-0.1, -0.05) is 25.1 Å². The minimum atomic E-state index is 0.733. The molecule has 0 aliphatic rings. The Hall–Kier alpha value is -1.65. The van der Waals surface area contributed by atoms with Crippen LogP contribution in [0.15, 0.2) is 30.3 Å². The van der Waals surface area contributed by atoms with Crippen LogP contribution >= 0.6 is 0 Å². The predicted octanol–water partition coefficient (Wildman–Crippen LogP) is 2.29. The third-order valence-electron chi connectivity index (χ3n) is 3.25. The molecule has 0 aliphatic heterocycles. The molecule has 4 heteroatoms. The first-order valence-electron chi connectivity index (χ1n) is 6.60. The van der Waals surface area contributed by atoms with Gasteiger partial charge < -0.3 is 10.5 Å². The van der Waals surface area contributed by atoms with E-state index in [-0.39, 0.29) is 0 Å². The zero-order valence-corrected chi connectivity index (χ0v) is 11.6. The summed E-state index contributed by atoms with van der Waals surface area (Å²) >= 11 is 0. The highest BCUT2D eigenvalue weighted by atomic mass is 16.5. The monoisotopic (exact) mass is 259 g/mol. The number of aromatic nitrogens is 1. The number of pyridine rings is 1. The van der Waals surface area contributed by atoms with E-state index in [1.807, 2.05) is 30.3 Å². The lowest BCUT2D eigenvalue weighted by Crippen LogP contribution is -2.27. The van der Waals surface area contributed by atoms with Gasteiger partial charge in [0.1, 0.15) is 0 Å². The number of rotatable bonds is 6. The summed E-state index contributed by atoms with van der Waals surface area (Å²) in [6, 6.07) is 9.94. The van der Waals surface area contributed by atoms with Gasteiger partial charge in [-0.25, -0.2) is 0 Å². The second-order valence-electron chi connectivity index (χ2n) is 4.58. The van der Waals surface area contributed by atoms with Crippen molar-refractivity contribution in [2.45, 2.75) is 13.5 Å². The molecular formula is C15H21N3O. The summed E-state index contributed by atoms with van der Waals surface area (Å²) in [6.45, 7) is 5.55. The van der Waals surface area contributed by atoms with Crippen molar-refractivity contribution < 1.29 is 4.74 Å². The van der Waals surface area contributed by atoms with E-state index < -0.39 is 0 Å². The Labute approximate surface area is 114 Å². The van der Waals surface area contributed by atoms with Gasteiger partial charge in [-0.05, 0) is 18.7 Å². The summed E-state index contributed by atoms with van der Waals surface area (Å²) in [5.74, 6) is 0. The van der Waals surface area contributed by atoms with E-state index in [0.29, 0.717) is 0 Å². The number of fused-ring (bicyclic) bond motifs is 1. The summed E-state index contributed by atoms with van der Waals surface area (Å²) in [5, 5.41) is 1.02. The Morgan fingerprint density at radius 1 is 1.32 bits per heavy atom. The molecule has 0 fully saturated rings. The van der Waals surface area contributed by atoms with Crippen LogP contribution in [0.1, 0.15) is 12.6 Å². The minimum absolute atomic E-state index is 0.733. The molecule has 4 nitrogen and oxygen atoms in total. The number of anilines is 1. The number of hydrogen-bond acceptors (Lipinski definition) is 4. The van der Waals surface area contributed by atoms with E-state index in [1.54, 1.807) is 7.11 Å². The fourth-order valence-electron chi connectivity index (χ4n) is 2.14. The average Bonchev–Trinajstić information content (AvgIpc) is 2.43. The zero-order chi connectivity index (χ0) is 13.7. The van der Waals surface area contributed by atoms with Gasteiger partial charge >= 0.3 is 0 Å². The molecule has 1 heterocycles. The van der Waals surface area contributed by atoms with Crippen molar-refractivity contribution in [1.82, 2.24) is 9.88 Å². The van der Waals surface area contributed by atoms with Crippen molar-refractivity contribution in [3.05, 3.63) is 36.0 Å². The standard InChI is InChI=1S/C15H21N3O/c1-3-18(8-9-19-2)11-12-10-14(16)13-6-4-5-7-15(13)17-12/h4-7,10H,3,8-9,11H2,1-2H3,(H2,16,17). The summed E-state index contributed by atoms with van der Waals surface area (Å²) in [7, 11) is 1.72. The zero-order valence-electron chi connectivity index (χ0n) is 11.6. The molecule has 0 saturated heterocycles. The molecule has 0 bridgehead atoms. The number of para-hydroxylation sites is 1. The first-order valence-corrected chi connectivity index (χ1v) is 6.60. The molecule has 2 aromatic rings. The fourth-order valence-corrected chi connectivity index (χ4v) is 2.14. The van der Waals surface area contributed by atoms with Crippen molar-refractivity contribution in [3.63, 3.8) is 0 Å². The van der Waals surface area contributed by atoms with E-state index >= 15 is 0 Å². The smallest absolute Gasteiger partial charge is 0.0726 e. The molecular weight excluding hydrogens is 238 g/mol. The highest BCUT2D eigenvalue weighted by Crippen LogP contribution is 2.20. The van der Waals surface area contributed by atoms with Gasteiger partial charge in [0.25, 0.3) is 0 Å². The SMILES string of the molecule is CCN(CCOC)Cc1cc(N)c2ccccc2n1. The van der Waals surface area contributed by atoms with Crippen molar-refractivity contribution in [1.29, 1.82) is 0 Å². The molecule has 0 radical (unpaired) electrons. The summed E-state index contributed by atoms with van der Waals surface area (Å²) in [6.07, 6.45) is 0. The van der Waals surface area contributed by atoms with Crippen LogP contribution < -0.4 is 5.73 Å². The Kier molecular flexibility index (Phi) is 4.71. The molecule has 0 amide bonds. The van der Waals surface area contributed by atoms with Gasteiger partial charge in [-0.3, -0.25) is 9.88 Å². The molecule has 2 rings (SSSR count). The number of likely N-dealkylation sites (N-methyl/N-ethyl adjacent to an activating group) is 1. The predicted molar refractivity (Wildman–Crippen MR) is 79.0 cm³/mol. The number of nitrogens with two attached hydrogens (primary N) is 1. The number of ether oxygens (including phenoxy) is 1. The number of hydrogen-bond donors (Lipinski definition) is 1. The highest BCUT2D eigenvalue weighted by Gasteiger charge is 2.07. The molecule has 2 N–H and O–H groups in total. The maximum absolute atomic E-state index is 6.09. The highest BCUT2D eigenvalue weighted by molar-refractivity contribution is 5.90. The number of benzene rings is 1. The lowest BCUT2D eigenvalue weighted by molar-refractivity contribution is 0.147. The Bertz CT molecular complexity index is 542. The van der Waals surface area contributed by atoms with E-state index in [9.17, 15) is 0 Å². The van der Waals surface area contributed by atoms with Gasteiger partial charge in [-0.2, -0.15) is 0 Å². The minimum Gasteiger partial charge on any atom is -0.398 e. The average molecular weight is 259 g/mol. The van der Waals surface area contributed by atoms with Crippen LogP contribution in [0.4, 0.5) is 5.69 Å². The first-order chi connectivity index (χ1) is 9.24. The molecule has 0 unspecified atom stereocenters. The molecule has 0 spiro atoms. The van der Waals surface area contributed by atoms with Gasteiger partial charge in [0, 0.05) is 31.3 Å². The summed E-state index contributed by atoms with van der Waals surface area (Å²) in [5.41, 5.74) is 8.85. The maximum Gasteiger partial charge on any atom is 0.0726 e. The second-order valence-corrected chi connectivity index (χ2v) is 4.58. The van der Waals surface area contributed by atoms with E-state index in [2.05, 4.69) is 16.8 Å². The topological polar surface area (TPSA) is 51.4 Å². The van der Waals surface area contributed by atoms with Crippen LogP contribution in [0.3, 0.4) is 0 Å². The number of nitrogens with zero attached hydrogens (tertiary/aromatic N) is 2. The summed E-state index contributed by atoms with van der Waals surface area (Å²) < 4.78 is 5.12. The van der Waals surface area contributed by atoms with E-state index in [1.165, 1.54) is 0 Å². The summed E-state index contributed by atoms with van der Waals surface area (Å²) in [4.78, 5) is 6.96. The third-order valence-corrected chi connectivity index (χ3v) is 3.25. The van der Waals surface area contributed by atoms with E-state index in [4.69, 9.17) is 10.5 Å². The first kappa shape index (κ1) is 13.8. The van der Waals surface area contributed by atoms with Crippen LogP contribution in [0, 0.1) is 0 Å². The third kappa shape index (κ3) is 3.43. The lowest BCUT2D eigenvalue weighted by atomic mass is 10.1. The normalized spacial score (nSPS) is 11.3. The fraction of sp³-hybridized carbons (Fsp3) is 0.400. The van der Waals surface area contributed by atoms with Crippen molar-refractivity contribution in [3.8, 4) is 0 Å². The molecule has 19 heavy (non-hydrogen) atoms. The molecule has 0 aliphatic carbocycles. The molecule has 1 aromatic heterocycles. The lowest BCUT2D eigenvalue weighted by Gasteiger charge is -2.19.